The number of benzene rings is 4. The summed E-state index contributed by atoms with van der Waals surface area (Å²) >= 11 is 0. The number of methoxy groups -OCH3 is 1. The van der Waals surface area contributed by atoms with Gasteiger partial charge in [0.15, 0.2) is 0 Å². The van der Waals surface area contributed by atoms with Crippen LogP contribution in [0.1, 0.15) is 46.8 Å². The van der Waals surface area contributed by atoms with E-state index in [-0.39, 0.29) is 18.0 Å². The van der Waals surface area contributed by atoms with Crippen LogP contribution >= 0.6 is 0 Å². The largest absolute Gasteiger partial charge is 0.465 e. The number of nitrogens with zero attached hydrogens (tertiary/aromatic N) is 1. The quantitative estimate of drug-likeness (QED) is 0.268. The number of ether oxygens (including phenoxy) is 1. The van der Waals surface area contributed by atoms with E-state index in [0.29, 0.717) is 30.3 Å². The predicted octanol–water partition coefficient (Wildman–Crippen LogP) is 6.61. The van der Waals surface area contributed by atoms with E-state index in [0.717, 1.165) is 13.0 Å². The van der Waals surface area contributed by atoms with Crippen LogP contribution in [0.2, 0.25) is 0 Å². The molecule has 2 amide bonds. The number of urea groups is 1. The van der Waals surface area contributed by atoms with Gasteiger partial charge in [-0.05, 0) is 65.3 Å². The Balaban J connectivity index is 1.31. The molecule has 4 aromatic carbocycles. The highest BCUT2D eigenvalue weighted by Crippen LogP contribution is 2.34. The van der Waals surface area contributed by atoms with Crippen molar-refractivity contribution in [3.63, 3.8) is 0 Å². The van der Waals surface area contributed by atoms with E-state index in [1.807, 2.05) is 11.0 Å². The summed E-state index contributed by atoms with van der Waals surface area (Å²) in [5, 5.41) is 9.26. The van der Waals surface area contributed by atoms with Gasteiger partial charge in [-0.2, -0.15) is 0 Å². The summed E-state index contributed by atoms with van der Waals surface area (Å²) < 4.78 is 4.81. The van der Waals surface area contributed by atoms with Crippen LogP contribution in [0.15, 0.2) is 97.1 Å². The molecule has 0 aliphatic carbocycles. The fourth-order valence-electron chi connectivity index (χ4n) is 5.67. The van der Waals surface area contributed by atoms with Crippen molar-refractivity contribution < 1.29 is 14.3 Å². The molecular weight excluding hydrogens is 486 g/mol. The van der Waals surface area contributed by atoms with Crippen molar-refractivity contribution in [2.24, 2.45) is 5.92 Å². The Bertz CT molecular complexity index is 1430. The Kier molecular flexibility index (Phi) is 8.23. The number of fused-ring (bicyclic) bond motifs is 1. The highest BCUT2D eigenvalue weighted by atomic mass is 16.5. The average Bonchev–Trinajstić information content (AvgIpc) is 2.99. The number of nitrogens with one attached hydrogen (secondary N) is 2. The minimum Gasteiger partial charge on any atom is -0.465 e. The van der Waals surface area contributed by atoms with Crippen LogP contribution in [0, 0.1) is 5.92 Å². The van der Waals surface area contributed by atoms with Crippen molar-refractivity contribution in [1.29, 1.82) is 0 Å². The maximum atomic E-state index is 13.3. The zero-order chi connectivity index (χ0) is 27.2. The maximum Gasteiger partial charge on any atom is 0.337 e. The van der Waals surface area contributed by atoms with Crippen LogP contribution in [0.25, 0.3) is 10.8 Å². The molecule has 0 spiro atoms. The van der Waals surface area contributed by atoms with Crippen LogP contribution in [0.4, 0.5) is 10.5 Å². The van der Waals surface area contributed by atoms with E-state index >= 15 is 0 Å². The monoisotopic (exact) mass is 521 g/mol. The summed E-state index contributed by atoms with van der Waals surface area (Å²) in [5.74, 6) is 0.164. The Morgan fingerprint density at radius 1 is 0.949 bits per heavy atom. The van der Waals surface area contributed by atoms with E-state index in [4.69, 9.17) is 4.74 Å². The molecular formula is C33H35N3O3. The number of carbonyl (C=O) groups excluding carboxylic acids is 2. The SMILES string of the molecule is COC(=O)c1cccc(NC(=O)N2CCC(c3ccccc3)C(CN[C@H](C)c3cccc4ccccc34)C2)c1. The van der Waals surface area contributed by atoms with Crippen LogP contribution in [0.3, 0.4) is 0 Å². The third kappa shape index (κ3) is 6.13. The van der Waals surface area contributed by atoms with Gasteiger partial charge < -0.3 is 20.3 Å². The molecule has 1 fully saturated rings. The minimum atomic E-state index is -0.429. The van der Waals surface area contributed by atoms with Gasteiger partial charge in [-0.15, -0.1) is 0 Å². The molecule has 1 aliphatic rings. The summed E-state index contributed by atoms with van der Waals surface area (Å²) in [6.45, 7) is 4.29. The summed E-state index contributed by atoms with van der Waals surface area (Å²) in [6, 6.07) is 32.4. The third-order valence-electron chi connectivity index (χ3n) is 7.76. The number of likely N-dealkylation sites (tertiary alicyclic amines) is 1. The molecule has 5 rings (SSSR count). The number of hydrogen-bond acceptors (Lipinski definition) is 4. The second-order valence-electron chi connectivity index (χ2n) is 10.2. The number of piperidine rings is 1. The molecule has 4 aromatic rings. The van der Waals surface area contributed by atoms with Crippen LogP contribution in [-0.2, 0) is 4.74 Å². The van der Waals surface area contributed by atoms with Gasteiger partial charge in [0, 0.05) is 31.4 Å². The zero-order valence-corrected chi connectivity index (χ0v) is 22.5. The lowest BCUT2D eigenvalue weighted by Crippen LogP contribution is -2.47. The Morgan fingerprint density at radius 2 is 1.69 bits per heavy atom. The molecule has 1 saturated heterocycles. The number of esters is 1. The standard InChI is InChI=1S/C33H35N3O3/c1-23(29-17-9-13-25-12-6-7-16-31(25)29)34-21-27-22-36(19-18-30(27)24-10-4-3-5-11-24)33(38)35-28-15-8-14-26(20-28)32(37)39-2/h3-17,20,23,27,30,34H,18-19,21-22H2,1-2H3,(H,35,38)/t23-,27?,30?/m1/s1. The van der Waals surface area contributed by atoms with Crippen molar-refractivity contribution in [2.45, 2.75) is 25.3 Å². The Hall–Kier alpha value is -4.16. The molecule has 0 bridgehead atoms. The Labute approximate surface area is 230 Å². The molecule has 2 N–H and O–H groups in total. The topological polar surface area (TPSA) is 70.7 Å². The lowest BCUT2D eigenvalue weighted by Gasteiger charge is -2.39. The normalized spacial score (nSPS) is 17.9. The predicted molar refractivity (Wildman–Crippen MR) is 156 cm³/mol. The van der Waals surface area contributed by atoms with Gasteiger partial charge in [0.25, 0.3) is 0 Å². The van der Waals surface area contributed by atoms with Crippen LogP contribution in [-0.4, -0.2) is 43.6 Å². The molecule has 200 valence electrons. The van der Waals surface area contributed by atoms with Gasteiger partial charge in [0.2, 0.25) is 0 Å². The molecule has 0 radical (unpaired) electrons. The van der Waals surface area contributed by atoms with Crippen molar-refractivity contribution in [1.82, 2.24) is 10.2 Å². The number of anilines is 1. The van der Waals surface area contributed by atoms with Gasteiger partial charge in [0.1, 0.15) is 0 Å². The molecule has 6 nitrogen and oxygen atoms in total. The second-order valence-corrected chi connectivity index (χ2v) is 10.2. The van der Waals surface area contributed by atoms with E-state index in [1.165, 1.54) is 29.0 Å². The van der Waals surface area contributed by atoms with E-state index < -0.39 is 5.97 Å². The zero-order valence-electron chi connectivity index (χ0n) is 22.5. The van der Waals surface area contributed by atoms with Crippen molar-refractivity contribution >= 4 is 28.5 Å². The van der Waals surface area contributed by atoms with Gasteiger partial charge in [-0.1, -0.05) is 78.9 Å². The van der Waals surface area contributed by atoms with E-state index in [9.17, 15) is 9.59 Å². The van der Waals surface area contributed by atoms with E-state index in [1.54, 1.807) is 24.3 Å². The lowest BCUT2D eigenvalue weighted by atomic mass is 9.80. The molecule has 0 aromatic heterocycles. The van der Waals surface area contributed by atoms with Gasteiger partial charge in [0.05, 0.1) is 12.7 Å². The molecule has 6 heteroatoms. The molecule has 39 heavy (non-hydrogen) atoms. The highest BCUT2D eigenvalue weighted by molar-refractivity contribution is 5.94. The Morgan fingerprint density at radius 3 is 2.51 bits per heavy atom. The summed E-state index contributed by atoms with van der Waals surface area (Å²) in [4.78, 5) is 27.1. The minimum absolute atomic E-state index is 0.157. The molecule has 3 atom stereocenters. The van der Waals surface area contributed by atoms with Crippen LogP contribution in [0.5, 0.6) is 0 Å². The van der Waals surface area contributed by atoms with Gasteiger partial charge >= 0.3 is 12.0 Å². The smallest absolute Gasteiger partial charge is 0.337 e. The fourth-order valence-corrected chi connectivity index (χ4v) is 5.67. The fraction of sp³-hybridized carbons (Fsp3) is 0.273. The number of rotatable bonds is 7. The first-order valence-corrected chi connectivity index (χ1v) is 13.5. The van der Waals surface area contributed by atoms with Crippen molar-refractivity contribution in [2.75, 3.05) is 32.1 Å². The molecule has 2 unspecified atom stereocenters. The second kappa shape index (κ2) is 12.1. The number of amides is 2. The number of carbonyl (C=O) groups is 2. The number of hydrogen-bond donors (Lipinski definition) is 2. The summed E-state index contributed by atoms with van der Waals surface area (Å²) in [5.41, 5.74) is 3.57. The van der Waals surface area contributed by atoms with Crippen LogP contribution < -0.4 is 10.6 Å². The molecule has 0 saturated carbocycles. The van der Waals surface area contributed by atoms with Crippen molar-refractivity contribution in [3.05, 3.63) is 114 Å². The molecule has 1 heterocycles. The first-order chi connectivity index (χ1) is 19.0. The average molecular weight is 522 g/mol. The summed E-state index contributed by atoms with van der Waals surface area (Å²) in [7, 11) is 1.35. The lowest BCUT2D eigenvalue weighted by molar-refractivity contribution is 0.0600. The first kappa shape index (κ1) is 26.4. The molecule has 1 aliphatic heterocycles. The highest BCUT2D eigenvalue weighted by Gasteiger charge is 2.32. The maximum absolute atomic E-state index is 13.3. The first-order valence-electron chi connectivity index (χ1n) is 13.5. The van der Waals surface area contributed by atoms with Gasteiger partial charge in [-0.3, -0.25) is 0 Å². The summed E-state index contributed by atoms with van der Waals surface area (Å²) in [6.07, 6.45) is 0.884. The van der Waals surface area contributed by atoms with Gasteiger partial charge in [-0.25, -0.2) is 9.59 Å². The third-order valence-corrected chi connectivity index (χ3v) is 7.76. The van der Waals surface area contributed by atoms with Crippen molar-refractivity contribution in [3.8, 4) is 0 Å². The van der Waals surface area contributed by atoms with E-state index in [2.05, 4.69) is 84.3 Å².